The van der Waals surface area contributed by atoms with Gasteiger partial charge < -0.3 is 27.0 Å². The Morgan fingerprint density at radius 1 is 0.949 bits per heavy atom. The van der Waals surface area contributed by atoms with Gasteiger partial charge in [-0.3, -0.25) is 5.10 Å². The summed E-state index contributed by atoms with van der Waals surface area (Å²) in [7, 11) is 0. The van der Waals surface area contributed by atoms with E-state index in [9.17, 15) is 0 Å². The summed E-state index contributed by atoms with van der Waals surface area (Å²) in [4.78, 5) is 7.00. The van der Waals surface area contributed by atoms with Gasteiger partial charge in [0.2, 0.25) is 0 Å². The van der Waals surface area contributed by atoms with Crippen LogP contribution < -0.4 is 22.1 Å². The molecule has 1 aromatic heterocycles. The minimum absolute atomic E-state index is 0.418. The lowest BCUT2D eigenvalue weighted by atomic mass is 10.0. The molecule has 0 saturated carbocycles. The standard InChI is InChI=1S/C28H32N8.C3H8/c1-19-24-17-23(10-11-25(24)35-34-19)26(29)33-28(36-14-12-31-13-15-36)27(30)32-18-20-6-5-9-22(16-20)21-7-3-2-4-8-21;1-3-2/h2-11,16-17,31-32H,12-15,18,30H2,1H3,(H2,29,33)(H,34,35);3H2,1-2H3/b28-27-;. The zero-order valence-electron chi connectivity index (χ0n) is 23.2. The fraction of sp³-hybridized carbons (Fsp3) is 0.290. The Kier molecular flexibility index (Phi) is 9.58. The highest BCUT2D eigenvalue weighted by Gasteiger charge is 2.17. The van der Waals surface area contributed by atoms with Crippen molar-refractivity contribution in [2.45, 2.75) is 33.7 Å². The van der Waals surface area contributed by atoms with Gasteiger partial charge in [0.05, 0.1) is 5.52 Å². The molecule has 0 bridgehead atoms. The van der Waals surface area contributed by atoms with E-state index in [0.717, 1.165) is 53.9 Å². The van der Waals surface area contributed by atoms with Gasteiger partial charge in [0.1, 0.15) is 11.7 Å². The fourth-order valence-electron chi connectivity index (χ4n) is 4.42. The Morgan fingerprint density at radius 3 is 2.41 bits per heavy atom. The van der Waals surface area contributed by atoms with E-state index in [-0.39, 0.29) is 0 Å². The van der Waals surface area contributed by atoms with Crippen molar-refractivity contribution in [2.75, 3.05) is 26.2 Å². The van der Waals surface area contributed by atoms with Crippen LogP contribution in [0.5, 0.6) is 0 Å². The maximum Gasteiger partial charge on any atom is 0.171 e. The zero-order valence-corrected chi connectivity index (χ0v) is 23.2. The van der Waals surface area contributed by atoms with Crippen molar-refractivity contribution in [3.8, 4) is 11.1 Å². The smallest absolute Gasteiger partial charge is 0.171 e. The van der Waals surface area contributed by atoms with Crippen molar-refractivity contribution >= 4 is 16.7 Å². The number of fused-ring (bicyclic) bond motifs is 1. The summed E-state index contributed by atoms with van der Waals surface area (Å²) in [6, 6.07) is 24.7. The van der Waals surface area contributed by atoms with E-state index in [2.05, 4.69) is 88.1 Å². The molecule has 39 heavy (non-hydrogen) atoms. The molecule has 1 aliphatic rings. The van der Waals surface area contributed by atoms with Crippen molar-refractivity contribution in [1.82, 2.24) is 25.7 Å². The summed E-state index contributed by atoms with van der Waals surface area (Å²) in [6.45, 7) is 10.2. The van der Waals surface area contributed by atoms with E-state index in [1.54, 1.807) is 0 Å². The quantitative estimate of drug-likeness (QED) is 0.180. The number of hydrogen-bond donors (Lipinski definition) is 5. The van der Waals surface area contributed by atoms with Crippen LogP contribution in [0, 0.1) is 6.92 Å². The average Bonchev–Trinajstić information content (AvgIpc) is 3.35. The highest BCUT2D eigenvalue weighted by atomic mass is 15.3. The van der Waals surface area contributed by atoms with Gasteiger partial charge in [-0.15, -0.1) is 0 Å². The van der Waals surface area contributed by atoms with Crippen molar-refractivity contribution in [3.05, 3.63) is 101 Å². The van der Waals surface area contributed by atoms with E-state index in [4.69, 9.17) is 16.5 Å². The first-order valence-electron chi connectivity index (χ1n) is 13.6. The lowest BCUT2D eigenvalue weighted by Crippen LogP contribution is -2.44. The molecular formula is C31H40N8. The van der Waals surface area contributed by atoms with Crippen LogP contribution in [-0.2, 0) is 6.54 Å². The average molecular weight is 525 g/mol. The third-order valence-corrected chi connectivity index (χ3v) is 6.44. The zero-order chi connectivity index (χ0) is 27.6. The number of piperazine rings is 1. The number of nitrogens with zero attached hydrogens (tertiary/aromatic N) is 3. The Balaban J connectivity index is 0.00000112. The molecule has 1 fully saturated rings. The molecule has 3 aromatic carbocycles. The van der Waals surface area contributed by atoms with Crippen LogP contribution in [0.15, 0.2) is 89.4 Å². The van der Waals surface area contributed by atoms with Gasteiger partial charge in [-0.2, -0.15) is 5.10 Å². The predicted octanol–water partition coefficient (Wildman–Crippen LogP) is 4.44. The highest BCUT2D eigenvalue weighted by Crippen LogP contribution is 2.21. The second-order valence-corrected chi connectivity index (χ2v) is 9.68. The number of rotatable bonds is 7. The third-order valence-electron chi connectivity index (χ3n) is 6.44. The van der Waals surface area contributed by atoms with E-state index in [0.29, 0.717) is 24.0 Å². The molecule has 0 radical (unpaired) electrons. The number of aromatic nitrogens is 2. The van der Waals surface area contributed by atoms with E-state index >= 15 is 0 Å². The SMILES string of the molecule is CCC.Cc1[nH]nc2ccc(/C(N)=N/C(=C(\N)NCc3cccc(-c4ccccc4)c3)N3CCNCC3)cc12. The second-order valence-electron chi connectivity index (χ2n) is 9.68. The largest absolute Gasteiger partial charge is 0.383 e. The number of nitrogens with one attached hydrogen (secondary N) is 3. The van der Waals surface area contributed by atoms with Gasteiger partial charge in [-0.1, -0.05) is 68.8 Å². The number of H-pyrrole nitrogens is 1. The van der Waals surface area contributed by atoms with Crippen LogP contribution >= 0.6 is 0 Å². The molecule has 1 saturated heterocycles. The summed E-state index contributed by atoms with van der Waals surface area (Å²) in [5.41, 5.74) is 19.3. The molecule has 8 heteroatoms. The molecule has 7 N–H and O–H groups in total. The van der Waals surface area contributed by atoms with Crippen LogP contribution in [0.2, 0.25) is 0 Å². The van der Waals surface area contributed by atoms with Crippen molar-refractivity contribution in [3.63, 3.8) is 0 Å². The van der Waals surface area contributed by atoms with Crippen LogP contribution in [0.1, 0.15) is 37.1 Å². The fourth-order valence-corrected chi connectivity index (χ4v) is 4.42. The maximum atomic E-state index is 6.60. The summed E-state index contributed by atoms with van der Waals surface area (Å²) in [6.07, 6.45) is 1.25. The summed E-state index contributed by atoms with van der Waals surface area (Å²) < 4.78 is 0. The second kappa shape index (κ2) is 13.5. The van der Waals surface area contributed by atoms with Crippen molar-refractivity contribution < 1.29 is 0 Å². The highest BCUT2D eigenvalue weighted by molar-refractivity contribution is 6.01. The summed E-state index contributed by atoms with van der Waals surface area (Å²) in [5.74, 6) is 1.59. The summed E-state index contributed by atoms with van der Waals surface area (Å²) >= 11 is 0. The van der Waals surface area contributed by atoms with Gasteiger partial charge in [0, 0.05) is 49.4 Å². The molecule has 1 aliphatic heterocycles. The number of amidine groups is 1. The first-order valence-corrected chi connectivity index (χ1v) is 13.6. The van der Waals surface area contributed by atoms with Crippen LogP contribution in [0.3, 0.4) is 0 Å². The monoisotopic (exact) mass is 524 g/mol. The third kappa shape index (κ3) is 7.18. The van der Waals surface area contributed by atoms with Crippen LogP contribution in [0.4, 0.5) is 0 Å². The minimum atomic E-state index is 0.418. The van der Waals surface area contributed by atoms with Gasteiger partial charge >= 0.3 is 0 Å². The number of hydrogen-bond acceptors (Lipinski definition) is 6. The molecule has 8 nitrogen and oxygen atoms in total. The van der Waals surface area contributed by atoms with Crippen LogP contribution in [-0.4, -0.2) is 47.1 Å². The van der Waals surface area contributed by atoms with Gasteiger partial charge in [-0.25, -0.2) is 4.99 Å². The number of aliphatic imine (C=N–C) groups is 1. The van der Waals surface area contributed by atoms with Crippen molar-refractivity contribution in [2.24, 2.45) is 16.5 Å². The van der Waals surface area contributed by atoms with Crippen LogP contribution in [0.25, 0.3) is 22.0 Å². The molecule has 2 heterocycles. The first kappa shape index (κ1) is 27.7. The molecule has 0 amide bonds. The molecule has 204 valence electrons. The number of nitrogens with two attached hydrogens (primary N) is 2. The Morgan fingerprint density at radius 2 is 1.67 bits per heavy atom. The Bertz CT molecular complexity index is 1420. The van der Waals surface area contributed by atoms with Gasteiger partial charge in [0.25, 0.3) is 0 Å². The predicted molar refractivity (Wildman–Crippen MR) is 162 cm³/mol. The molecule has 5 rings (SSSR count). The lowest BCUT2D eigenvalue weighted by Gasteiger charge is -2.30. The van der Waals surface area contributed by atoms with Crippen molar-refractivity contribution in [1.29, 1.82) is 0 Å². The van der Waals surface area contributed by atoms with Gasteiger partial charge in [0.15, 0.2) is 5.82 Å². The molecule has 0 atom stereocenters. The molecule has 0 aliphatic carbocycles. The number of benzene rings is 3. The van der Waals surface area contributed by atoms with E-state index < -0.39 is 0 Å². The molecule has 0 unspecified atom stereocenters. The Hall–Kier alpha value is -4.30. The van der Waals surface area contributed by atoms with Gasteiger partial charge in [-0.05, 0) is 47.9 Å². The first-order chi connectivity index (χ1) is 19.0. The minimum Gasteiger partial charge on any atom is -0.383 e. The number of aromatic amines is 1. The normalized spacial score (nSPS) is 14.4. The van der Waals surface area contributed by atoms with E-state index in [1.165, 1.54) is 17.5 Å². The molecular weight excluding hydrogens is 484 g/mol. The lowest BCUT2D eigenvalue weighted by molar-refractivity contribution is 0.291. The molecule has 4 aromatic rings. The topological polar surface area (TPSA) is 120 Å². The summed E-state index contributed by atoms with van der Waals surface area (Å²) in [5, 5.41) is 15.1. The van der Waals surface area contributed by atoms with E-state index in [1.807, 2.05) is 31.2 Å². The Labute approximate surface area is 231 Å². The maximum absolute atomic E-state index is 6.60. The number of aryl methyl sites for hydroxylation is 1. The molecule has 0 spiro atoms.